The lowest BCUT2D eigenvalue weighted by molar-refractivity contribution is -0.124. The van der Waals surface area contributed by atoms with E-state index in [0.29, 0.717) is 15.7 Å². The van der Waals surface area contributed by atoms with Crippen LogP contribution >= 0.6 is 15.9 Å². The molecule has 1 amide bonds. The van der Waals surface area contributed by atoms with Gasteiger partial charge in [0.15, 0.2) is 6.61 Å². The van der Waals surface area contributed by atoms with Gasteiger partial charge in [0.2, 0.25) is 0 Å². The number of hydrogen-bond acceptors (Lipinski definition) is 4. The molecule has 0 fully saturated rings. The van der Waals surface area contributed by atoms with Crippen LogP contribution in [0.5, 0.6) is 0 Å². The zero-order chi connectivity index (χ0) is 14.4. The zero-order valence-electron chi connectivity index (χ0n) is 10.9. The molecule has 0 radical (unpaired) electrons. The van der Waals surface area contributed by atoms with Gasteiger partial charge in [-0.1, -0.05) is 6.92 Å². The molecular weight excluding hydrogens is 312 g/mol. The third kappa shape index (κ3) is 4.90. The van der Waals surface area contributed by atoms with Crippen molar-refractivity contribution in [3.05, 3.63) is 28.2 Å². The Hall–Kier alpha value is -1.56. The summed E-state index contributed by atoms with van der Waals surface area (Å²) in [6.45, 7) is 3.54. The fourth-order valence-corrected chi connectivity index (χ4v) is 1.74. The van der Waals surface area contributed by atoms with Crippen LogP contribution in [0.1, 0.15) is 30.6 Å². The third-order valence-corrected chi connectivity index (χ3v) is 3.26. The van der Waals surface area contributed by atoms with Crippen LogP contribution in [-0.2, 0) is 9.53 Å². The minimum atomic E-state index is -0.585. The molecule has 0 aliphatic heterocycles. The number of anilines is 1. The number of carbonyl (C=O) groups is 2. The minimum absolute atomic E-state index is 0.0605. The fourth-order valence-electron chi connectivity index (χ4n) is 1.33. The van der Waals surface area contributed by atoms with Crippen LogP contribution < -0.4 is 11.1 Å². The van der Waals surface area contributed by atoms with E-state index >= 15 is 0 Å². The molecule has 6 heteroatoms. The van der Waals surface area contributed by atoms with E-state index in [-0.39, 0.29) is 18.6 Å². The lowest BCUT2D eigenvalue weighted by Gasteiger charge is -2.11. The summed E-state index contributed by atoms with van der Waals surface area (Å²) in [5.74, 6) is -0.902. The number of esters is 1. The van der Waals surface area contributed by atoms with Gasteiger partial charge in [0.1, 0.15) is 0 Å². The van der Waals surface area contributed by atoms with Gasteiger partial charge in [-0.15, -0.1) is 0 Å². The number of nitrogens with one attached hydrogen (secondary N) is 1. The Balaban J connectivity index is 2.56. The largest absolute Gasteiger partial charge is 0.452 e. The van der Waals surface area contributed by atoms with Gasteiger partial charge < -0.3 is 15.8 Å². The predicted octanol–water partition coefficient (Wildman–Crippen LogP) is 2.10. The summed E-state index contributed by atoms with van der Waals surface area (Å²) < 4.78 is 5.51. The number of halogens is 1. The Morgan fingerprint density at radius 1 is 1.47 bits per heavy atom. The molecule has 0 spiro atoms. The van der Waals surface area contributed by atoms with E-state index in [9.17, 15) is 9.59 Å². The van der Waals surface area contributed by atoms with Crippen LogP contribution in [0.2, 0.25) is 0 Å². The van der Waals surface area contributed by atoms with Gasteiger partial charge in [-0.2, -0.15) is 0 Å². The quantitative estimate of drug-likeness (QED) is 0.640. The van der Waals surface area contributed by atoms with E-state index in [2.05, 4.69) is 21.2 Å². The zero-order valence-corrected chi connectivity index (χ0v) is 12.5. The van der Waals surface area contributed by atoms with E-state index < -0.39 is 5.97 Å². The third-order valence-electron chi connectivity index (χ3n) is 2.56. The van der Waals surface area contributed by atoms with Crippen LogP contribution in [0.15, 0.2) is 22.7 Å². The highest BCUT2D eigenvalue weighted by Crippen LogP contribution is 2.20. The smallest absolute Gasteiger partial charge is 0.339 e. The van der Waals surface area contributed by atoms with Crippen LogP contribution in [-0.4, -0.2) is 24.5 Å². The topological polar surface area (TPSA) is 81.4 Å². The predicted molar refractivity (Wildman–Crippen MR) is 76.7 cm³/mol. The molecule has 5 nitrogen and oxygen atoms in total. The van der Waals surface area contributed by atoms with Crippen molar-refractivity contribution in [3.8, 4) is 0 Å². The second-order valence-electron chi connectivity index (χ2n) is 4.19. The fraction of sp³-hybridized carbons (Fsp3) is 0.385. The van der Waals surface area contributed by atoms with Crippen molar-refractivity contribution in [1.29, 1.82) is 0 Å². The van der Waals surface area contributed by atoms with Crippen molar-refractivity contribution < 1.29 is 14.3 Å². The van der Waals surface area contributed by atoms with Gasteiger partial charge in [0.25, 0.3) is 5.91 Å². The Morgan fingerprint density at radius 3 is 2.79 bits per heavy atom. The second kappa shape index (κ2) is 7.13. The molecule has 1 aromatic rings. The van der Waals surface area contributed by atoms with E-state index in [0.717, 1.165) is 6.42 Å². The highest BCUT2D eigenvalue weighted by molar-refractivity contribution is 9.10. The molecular formula is C13H17BrN2O3. The summed E-state index contributed by atoms with van der Waals surface area (Å²) in [4.78, 5) is 23.3. The molecule has 104 valence electrons. The number of rotatable bonds is 5. The first-order valence-electron chi connectivity index (χ1n) is 5.95. The Labute approximate surface area is 120 Å². The first-order chi connectivity index (χ1) is 8.93. The molecule has 0 aliphatic carbocycles. The molecule has 19 heavy (non-hydrogen) atoms. The Kier molecular flexibility index (Phi) is 5.82. The maximum Gasteiger partial charge on any atom is 0.339 e. The summed E-state index contributed by atoms with van der Waals surface area (Å²) in [5, 5.41) is 2.71. The van der Waals surface area contributed by atoms with Crippen LogP contribution in [0, 0.1) is 0 Å². The molecule has 3 N–H and O–H groups in total. The monoisotopic (exact) mass is 328 g/mol. The molecule has 0 aromatic heterocycles. The van der Waals surface area contributed by atoms with Crippen molar-refractivity contribution in [2.75, 3.05) is 12.3 Å². The number of amides is 1. The molecule has 0 saturated heterocycles. The Morgan fingerprint density at radius 2 is 2.16 bits per heavy atom. The molecule has 0 saturated carbocycles. The number of nitrogen functional groups attached to an aromatic ring is 1. The molecule has 1 unspecified atom stereocenters. The lowest BCUT2D eigenvalue weighted by atomic mass is 10.2. The molecule has 0 bridgehead atoms. The molecule has 1 atom stereocenters. The van der Waals surface area contributed by atoms with Gasteiger partial charge in [0.05, 0.1) is 5.56 Å². The van der Waals surface area contributed by atoms with Gasteiger partial charge in [-0.25, -0.2) is 4.79 Å². The summed E-state index contributed by atoms with van der Waals surface area (Å²) in [6.07, 6.45) is 0.820. The first kappa shape index (κ1) is 15.5. The van der Waals surface area contributed by atoms with E-state index in [4.69, 9.17) is 10.5 Å². The summed E-state index contributed by atoms with van der Waals surface area (Å²) in [6, 6.07) is 4.88. The maximum absolute atomic E-state index is 11.8. The van der Waals surface area contributed by atoms with Crippen LogP contribution in [0.25, 0.3) is 0 Å². The van der Waals surface area contributed by atoms with E-state index in [1.807, 2.05) is 13.8 Å². The van der Waals surface area contributed by atoms with Gasteiger partial charge in [-0.05, 0) is 47.5 Å². The highest BCUT2D eigenvalue weighted by Gasteiger charge is 2.14. The van der Waals surface area contributed by atoms with Crippen LogP contribution in [0.3, 0.4) is 0 Å². The first-order valence-corrected chi connectivity index (χ1v) is 6.74. The van der Waals surface area contributed by atoms with Gasteiger partial charge in [-0.3, -0.25) is 4.79 Å². The SMILES string of the molecule is CCC(C)NC(=O)COC(=O)c1cc(N)ccc1Br. The average Bonchev–Trinajstić information content (AvgIpc) is 2.38. The normalized spacial score (nSPS) is 11.7. The summed E-state index contributed by atoms with van der Waals surface area (Å²) in [5.41, 5.74) is 6.36. The van der Waals surface area contributed by atoms with Crippen molar-refractivity contribution in [2.24, 2.45) is 0 Å². The Bertz CT molecular complexity index is 477. The number of nitrogens with two attached hydrogens (primary N) is 1. The minimum Gasteiger partial charge on any atom is -0.452 e. The standard InChI is InChI=1S/C13H17BrN2O3/c1-3-8(2)16-12(17)7-19-13(18)10-6-9(15)4-5-11(10)14/h4-6,8H,3,7,15H2,1-2H3,(H,16,17). The van der Waals surface area contributed by atoms with Crippen molar-refractivity contribution in [2.45, 2.75) is 26.3 Å². The number of hydrogen-bond donors (Lipinski definition) is 2. The second-order valence-corrected chi connectivity index (χ2v) is 5.05. The number of carbonyl (C=O) groups excluding carboxylic acids is 2. The van der Waals surface area contributed by atoms with E-state index in [1.54, 1.807) is 12.1 Å². The van der Waals surface area contributed by atoms with Gasteiger partial charge in [0, 0.05) is 16.2 Å². The van der Waals surface area contributed by atoms with Crippen molar-refractivity contribution >= 4 is 33.5 Å². The van der Waals surface area contributed by atoms with Crippen molar-refractivity contribution in [3.63, 3.8) is 0 Å². The lowest BCUT2D eigenvalue weighted by Crippen LogP contribution is -2.35. The molecule has 0 aliphatic rings. The summed E-state index contributed by atoms with van der Waals surface area (Å²) >= 11 is 3.23. The summed E-state index contributed by atoms with van der Waals surface area (Å²) in [7, 11) is 0. The van der Waals surface area contributed by atoms with Crippen LogP contribution in [0.4, 0.5) is 5.69 Å². The van der Waals surface area contributed by atoms with Crippen molar-refractivity contribution in [1.82, 2.24) is 5.32 Å². The molecule has 1 aromatic carbocycles. The highest BCUT2D eigenvalue weighted by atomic mass is 79.9. The van der Waals surface area contributed by atoms with E-state index in [1.165, 1.54) is 6.07 Å². The number of benzene rings is 1. The molecule has 1 rings (SSSR count). The average molecular weight is 329 g/mol. The maximum atomic E-state index is 11.8. The van der Waals surface area contributed by atoms with Gasteiger partial charge >= 0.3 is 5.97 Å². The molecule has 0 heterocycles. The number of ether oxygens (including phenoxy) is 1.